The second-order valence-electron chi connectivity index (χ2n) is 6.93. The van der Waals surface area contributed by atoms with Crippen LogP contribution in [0.15, 0.2) is 48.3 Å². The van der Waals surface area contributed by atoms with Crippen LogP contribution >= 0.6 is 23.2 Å². The zero-order valence-electron chi connectivity index (χ0n) is 16.8. The lowest BCUT2D eigenvalue weighted by Gasteiger charge is -2.28. The number of aliphatic hydroxyl groups excluding tert-OH is 1. The highest BCUT2D eigenvalue weighted by Gasteiger charge is 2.46. The average molecular weight is 448 g/mol. The summed E-state index contributed by atoms with van der Waals surface area (Å²) in [6, 6.07) is 7.38. The van der Waals surface area contributed by atoms with E-state index >= 15 is 0 Å². The molecule has 1 atom stereocenters. The molecule has 158 valence electrons. The van der Waals surface area contributed by atoms with Gasteiger partial charge in [-0.25, -0.2) is 0 Å². The van der Waals surface area contributed by atoms with Gasteiger partial charge in [0, 0.05) is 31.0 Å². The highest BCUT2D eigenvalue weighted by atomic mass is 35.5. The van der Waals surface area contributed by atoms with Crippen LogP contribution in [0.3, 0.4) is 0 Å². The van der Waals surface area contributed by atoms with Gasteiger partial charge in [0.2, 0.25) is 0 Å². The number of hydrogen-bond donors (Lipinski definition) is 1. The third kappa shape index (κ3) is 4.36. The molecule has 8 heteroatoms. The molecular weight excluding hydrogens is 425 g/mol. The third-order valence-corrected chi connectivity index (χ3v) is 6.04. The maximum atomic E-state index is 13.0. The van der Waals surface area contributed by atoms with E-state index in [-0.39, 0.29) is 11.3 Å². The van der Waals surface area contributed by atoms with E-state index in [1.807, 2.05) is 13.8 Å². The van der Waals surface area contributed by atoms with E-state index in [4.69, 9.17) is 23.2 Å². The van der Waals surface area contributed by atoms with Crippen LogP contribution in [-0.2, 0) is 9.59 Å². The summed E-state index contributed by atoms with van der Waals surface area (Å²) < 4.78 is 0. The summed E-state index contributed by atoms with van der Waals surface area (Å²) in [5.41, 5.74) is 1.06. The largest absolute Gasteiger partial charge is 0.507 e. The Labute approximate surface area is 185 Å². The number of aromatic nitrogens is 1. The SMILES string of the molecule is CCN(CC)CCN1C(=O)C(=O)/C(=C(/O)c2ccncc2)C1c1ccc(Cl)c(Cl)c1. The number of aliphatic hydroxyl groups is 1. The summed E-state index contributed by atoms with van der Waals surface area (Å²) in [7, 11) is 0. The van der Waals surface area contributed by atoms with Gasteiger partial charge in [-0.15, -0.1) is 0 Å². The van der Waals surface area contributed by atoms with Gasteiger partial charge in [-0.3, -0.25) is 14.6 Å². The van der Waals surface area contributed by atoms with Gasteiger partial charge in [-0.2, -0.15) is 0 Å². The molecule has 30 heavy (non-hydrogen) atoms. The smallest absolute Gasteiger partial charge is 0.295 e. The number of likely N-dealkylation sites (N-methyl/N-ethyl adjacent to an activating group) is 1. The molecule has 1 amide bonds. The maximum Gasteiger partial charge on any atom is 0.295 e. The minimum Gasteiger partial charge on any atom is -0.507 e. The lowest BCUT2D eigenvalue weighted by Crippen LogP contribution is -2.38. The molecule has 0 saturated carbocycles. The number of halogens is 2. The fraction of sp³-hybridized carbons (Fsp3) is 0.318. The highest BCUT2D eigenvalue weighted by Crippen LogP contribution is 2.40. The molecule has 0 bridgehead atoms. The van der Waals surface area contributed by atoms with Crippen LogP contribution in [-0.4, -0.2) is 57.8 Å². The Morgan fingerprint density at radius 1 is 1.10 bits per heavy atom. The van der Waals surface area contributed by atoms with Crippen LogP contribution < -0.4 is 0 Å². The quantitative estimate of drug-likeness (QED) is 0.391. The molecule has 0 spiro atoms. The summed E-state index contributed by atoms with van der Waals surface area (Å²) in [5.74, 6) is -1.61. The molecule has 1 aromatic carbocycles. The first-order chi connectivity index (χ1) is 14.4. The van der Waals surface area contributed by atoms with Crippen molar-refractivity contribution in [1.82, 2.24) is 14.8 Å². The van der Waals surface area contributed by atoms with Crippen molar-refractivity contribution < 1.29 is 14.7 Å². The Morgan fingerprint density at radius 3 is 2.37 bits per heavy atom. The van der Waals surface area contributed by atoms with Crippen LogP contribution in [0, 0.1) is 0 Å². The standard InChI is InChI=1S/C22H23Cl2N3O3/c1-3-26(4-2)11-12-27-19(15-5-6-16(23)17(24)13-15)18(21(29)22(27)30)20(28)14-7-9-25-10-8-14/h5-10,13,19,28H,3-4,11-12H2,1-2H3/b20-18+. The van der Waals surface area contributed by atoms with E-state index in [1.54, 1.807) is 30.3 Å². The summed E-state index contributed by atoms with van der Waals surface area (Å²) in [5, 5.41) is 11.6. The first-order valence-electron chi connectivity index (χ1n) is 9.75. The summed E-state index contributed by atoms with van der Waals surface area (Å²) in [6.07, 6.45) is 3.03. The predicted octanol–water partition coefficient (Wildman–Crippen LogP) is 4.15. The number of benzene rings is 1. The van der Waals surface area contributed by atoms with Crippen molar-refractivity contribution in [3.63, 3.8) is 0 Å². The van der Waals surface area contributed by atoms with E-state index in [0.717, 1.165) is 13.1 Å². The van der Waals surface area contributed by atoms with Crippen molar-refractivity contribution >= 4 is 40.7 Å². The zero-order chi connectivity index (χ0) is 21.8. The highest BCUT2D eigenvalue weighted by molar-refractivity contribution is 6.46. The number of amides is 1. The normalized spacial score (nSPS) is 18.4. The Kier molecular flexibility index (Phi) is 7.13. The van der Waals surface area contributed by atoms with Crippen molar-refractivity contribution in [3.8, 4) is 0 Å². The van der Waals surface area contributed by atoms with E-state index in [0.29, 0.717) is 34.3 Å². The first kappa shape index (κ1) is 22.3. The molecule has 1 fully saturated rings. The van der Waals surface area contributed by atoms with Crippen LogP contribution in [0.5, 0.6) is 0 Å². The number of carbonyl (C=O) groups excluding carboxylic acids is 2. The topological polar surface area (TPSA) is 73.7 Å². The molecule has 6 nitrogen and oxygen atoms in total. The first-order valence-corrected chi connectivity index (χ1v) is 10.5. The van der Waals surface area contributed by atoms with Gasteiger partial charge in [0.15, 0.2) is 0 Å². The third-order valence-electron chi connectivity index (χ3n) is 5.30. The monoisotopic (exact) mass is 447 g/mol. The number of pyridine rings is 1. The zero-order valence-corrected chi connectivity index (χ0v) is 18.3. The lowest BCUT2D eigenvalue weighted by molar-refractivity contribution is -0.140. The van der Waals surface area contributed by atoms with E-state index in [1.165, 1.54) is 17.3 Å². The van der Waals surface area contributed by atoms with E-state index in [2.05, 4.69) is 9.88 Å². The second-order valence-corrected chi connectivity index (χ2v) is 7.74. The average Bonchev–Trinajstić information content (AvgIpc) is 3.01. The second kappa shape index (κ2) is 9.60. The van der Waals surface area contributed by atoms with Gasteiger partial charge in [-0.05, 0) is 42.9 Å². The van der Waals surface area contributed by atoms with Gasteiger partial charge in [0.1, 0.15) is 5.76 Å². The number of ketones is 1. The molecule has 3 rings (SSSR count). The van der Waals surface area contributed by atoms with Crippen LogP contribution in [0.4, 0.5) is 0 Å². The number of likely N-dealkylation sites (tertiary alicyclic amines) is 1. The van der Waals surface area contributed by atoms with Crippen LogP contribution in [0.25, 0.3) is 5.76 Å². The summed E-state index contributed by atoms with van der Waals surface area (Å²) in [4.78, 5) is 33.5. The van der Waals surface area contributed by atoms with Crippen molar-refractivity contribution in [2.24, 2.45) is 0 Å². The number of hydrogen-bond acceptors (Lipinski definition) is 5. The van der Waals surface area contributed by atoms with E-state index < -0.39 is 17.7 Å². The number of nitrogens with zero attached hydrogens (tertiary/aromatic N) is 3. The molecule has 2 heterocycles. The van der Waals surface area contributed by atoms with Gasteiger partial charge in [-0.1, -0.05) is 43.1 Å². The van der Waals surface area contributed by atoms with Crippen molar-refractivity contribution in [3.05, 3.63) is 69.5 Å². The van der Waals surface area contributed by atoms with Gasteiger partial charge in [0.25, 0.3) is 11.7 Å². The summed E-state index contributed by atoms with van der Waals surface area (Å²) >= 11 is 12.3. The van der Waals surface area contributed by atoms with Gasteiger partial charge >= 0.3 is 0 Å². The number of rotatable bonds is 7. The Balaban J connectivity index is 2.11. The summed E-state index contributed by atoms with van der Waals surface area (Å²) in [6.45, 7) is 6.68. The predicted molar refractivity (Wildman–Crippen MR) is 117 cm³/mol. The molecule has 2 aromatic rings. The Morgan fingerprint density at radius 2 is 1.77 bits per heavy atom. The number of carbonyl (C=O) groups is 2. The Hall–Kier alpha value is -2.41. The fourth-order valence-corrected chi connectivity index (χ4v) is 3.90. The molecule has 1 aromatic heterocycles. The lowest BCUT2D eigenvalue weighted by atomic mass is 9.95. The molecule has 1 aliphatic heterocycles. The van der Waals surface area contributed by atoms with E-state index in [9.17, 15) is 14.7 Å². The molecule has 0 aliphatic carbocycles. The van der Waals surface area contributed by atoms with Crippen molar-refractivity contribution in [2.45, 2.75) is 19.9 Å². The molecule has 1 N–H and O–H groups in total. The molecular formula is C22H23Cl2N3O3. The van der Waals surface area contributed by atoms with Crippen LogP contribution in [0.1, 0.15) is 31.0 Å². The van der Waals surface area contributed by atoms with Crippen molar-refractivity contribution in [2.75, 3.05) is 26.2 Å². The molecule has 1 aliphatic rings. The van der Waals surface area contributed by atoms with Crippen LogP contribution in [0.2, 0.25) is 10.0 Å². The van der Waals surface area contributed by atoms with Crippen molar-refractivity contribution in [1.29, 1.82) is 0 Å². The van der Waals surface area contributed by atoms with Gasteiger partial charge in [0.05, 0.1) is 21.7 Å². The number of Topliss-reactive ketones (excluding diaryl/α,β-unsaturated/α-hetero) is 1. The Bertz CT molecular complexity index is 975. The van der Waals surface area contributed by atoms with Gasteiger partial charge < -0.3 is 14.9 Å². The molecule has 1 saturated heterocycles. The molecule has 0 radical (unpaired) electrons. The minimum absolute atomic E-state index is 0.0316. The fourth-order valence-electron chi connectivity index (χ4n) is 3.59. The maximum absolute atomic E-state index is 13.0. The molecule has 1 unspecified atom stereocenters. The minimum atomic E-state index is -0.761.